The standard InChI is InChI=1S/C13H16F2N2O3/c1-8-2-3-9(6-11(8)20-12(14)15)16-13(19)17-5-4-10(18)7-17/h2-3,6,10,12,18H,4-5,7H2,1H3,(H,16,19). The molecule has 20 heavy (non-hydrogen) atoms. The molecule has 1 heterocycles. The number of aryl methyl sites for hydroxylation is 1. The molecule has 110 valence electrons. The third-order valence-electron chi connectivity index (χ3n) is 3.11. The summed E-state index contributed by atoms with van der Waals surface area (Å²) in [6.45, 7) is -0.523. The van der Waals surface area contributed by atoms with E-state index in [0.717, 1.165) is 0 Å². The maximum atomic E-state index is 12.2. The maximum Gasteiger partial charge on any atom is 0.387 e. The first-order valence-corrected chi connectivity index (χ1v) is 6.25. The Hall–Kier alpha value is -1.89. The number of aliphatic hydroxyl groups excluding tert-OH is 1. The molecular formula is C13H16F2N2O3. The summed E-state index contributed by atoms with van der Waals surface area (Å²) in [7, 11) is 0. The molecule has 1 fully saturated rings. The lowest BCUT2D eigenvalue weighted by molar-refractivity contribution is -0.0502. The number of anilines is 1. The molecule has 2 rings (SSSR count). The normalized spacial score (nSPS) is 18.4. The van der Waals surface area contributed by atoms with Gasteiger partial charge in [0.2, 0.25) is 0 Å². The number of nitrogens with zero attached hydrogens (tertiary/aromatic N) is 1. The van der Waals surface area contributed by atoms with Crippen LogP contribution in [-0.4, -0.2) is 41.8 Å². The predicted octanol–water partition coefficient (Wildman–Crippen LogP) is 2.19. The molecule has 2 amide bonds. The largest absolute Gasteiger partial charge is 0.434 e. The number of hydrogen-bond donors (Lipinski definition) is 2. The summed E-state index contributed by atoms with van der Waals surface area (Å²) in [5.41, 5.74) is 0.928. The molecule has 1 aromatic carbocycles. The van der Waals surface area contributed by atoms with Crippen molar-refractivity contribution in [2.24, 2.45) is 0 Å². The number of hydrogen-bond acceptors (Lipinski definition) is 3. The van der Waals surface area contributed by atoms with Crippen LogP contribution in [-0.2, 0) is 0 Å². The van der Waals surface area contributed by atoms with E-state index < -0.39 is 12.7 Å². The average Bonchev–Trinajstić information content (AvgIpc) is 2.79. The summed E-state index contributed by atoms with van der Waals surface area (Å²) in [5, 5.41) is 12.0. The molecule has 1 atom stereocenters. The summed E-state index contributed by atoms with van der Waals surface area (Å²) in [6, 6.07) is 4.18. The Morgan fingerprint density at radius 1 is 1.55 bits per heavy atom. The van der Waals surface area contributed by atoms with Crippen molar-refractivity contribution in [1.82, 2.24) is 4.90 Å². The highest BCUT2D eigenvalue weighted by Crippen LogP contribution is 2.24. The van der Waals surface area contributed by atoms with E-state index in [0.29, 0.717) is 24.2 Å². The van der Waals surface area contributed by atoms with Crippen molar-refractivity contribution in [3.63, 3.8) is 0 Å². The molecule has 5 nitrogen and oxygen atoms in total. The smallest absolute Gasteiger partial charge is 0.387 e. The molecule has 1 aliphatic rings. The molecule has 0 saturated carbocycles. The first-order valence-electron chi connectivity index (χ1n) is 6.25. The fraction of sp³-hybridized carbons (Fsp3) is 0.462. The molecule has 0 aromatic heterocycles. The Morgan fingerprint density at radius 2 is 2.30 bits per heavy atom. The minimum absolute atomic E-state index is 0.0271. The number of urea groups is 1. The molecule has 7 heteroatoms. The summed E-state index contributed by atoms with van der Waals surface area (Å²) in [6.07, 6.45) is 0.0395. The van der Waals surface area contributed by atoms with Gasteiger partial charge in [-0.15, -0.1) is 0 Å². The molecule has 1 saturated heterocycles. The van der Waals surface area contributed by atoms with Gasteiger partial charge in [0.05, 0.1) is 6.10 Å². The number of carbonyl (C=O) groups is 1. The van der Waals surface area contributed by atoms with Gasteiger partial charge in [0, 0.05) is 24.8 Å². The van der Waals surface area contributed by atoms with Gasteiger partial charge in [0.1, 0.15) is 5.75 Å². The minimum atomic E-state index is -2.91. The first-order chi connectivity index (χ1) is 9.45. The van der Waals surface area contributed by atoms with Gasteiger partial charge in [-0.3, -0.25) is 0 Å². The van der Waals surface area contributed by atoms with E-state index in [1.165, 1.54) is 11.0 Å². The minimum Gasteiger partial charge on any atom is -0.434 e. The summed E-state index contributed by atoms with van der Waals surface area (Å²) in [4.78, 5) is 13.4. The highest BCUT2D eigenvalue weighted by atomic mass is 19.3. The van der Waals surface area contributed by atoms with Crippen molar-refractivity contribution >= 4 is 11.7 Å². The zero-order valence-electron chi connectivity index (χ0n) is 11.0. The average molecular weight is 286 g/mol. The Labute approximate surface area is 115 Å². The van der Waals surface area contributed by atoms with E-state index in [2.05, 4.69) is 10.1 Å². The van der Waals surface area contributed by atoms with Gasteiger partial charge in [-0.05, 0) is 25.0 Å². The number of halogens is 2. The Morgan fingerprint density at radius 3 is 2.90 bits per heavy atom. The number of alkyl halides is 2. The van der Waals surface area contributed by atoms with Crippen molar-refractivity contribution in [2.75, 3.05) is 18.4 Å². The van der Waals surface area contributed by atoms with E-state index in [4.69, 9.17) is 0 Å². The van der Waals surface area contributed by atoms with Crippen molar-refractivity contribution in [3.05, 3.63) is 23.8 Å². The highest BCUT2D eigenvalue weighted by Gasteiger charge is 2.24. The van der Waals surface area contributed by atoms with Gasteiger partial charge < -0.3 is 20.1 Å². The second kappa shape index (κ2) is 6.04. The third kappa shape index (κ3) is 3.57. The second-order valence-electron chi connectivity index (χ2n) is 4.68. The van der Waals surface area contributed by atoms with Crippen LogP contribution in [0.1, 0.15) is 12.0 Å². The van der Waals surface area contributed by atoms with Crippen LogP contribution in [0.4, 0.5) is 19.3 Å². The lowest BCUT2D eigenvalue weighted by Gasteiger charge is -2.17. The fourth-order valence-corrected chi connectivity index (χ4v) is 2.03. The predicted molar refractivity (Wildman–Crippen MR) is 69.0 cm³/mol. The van der Waals surface area contributed by atoms with Crippen LogP contribution >= 0.6 is 0 Å². The highest BCUT2D eigenvalue weighted by molar-refractivity contribution is 5.89. The van der Waals surface area contributed by atoms with Crippen LogP contribution in [0.5, 0.6) is 5.75 Å². The number of aliphatic hydroxyl groups is 1. The van der Waals surface area contributed by atoms with Crippen LogP contribution in [0.15, 0.2) is 18.2 Å². The number of nitrogens with one attached hydrogen (secondary N) is 1. The van der Waals surface area contributed by atoms with E-state index in [-0.39, 0.29) is 18.3 Å². The van der Waals surface area contributed by atoms with Crippen LogP contribution in [0.25, 0.3) is 0 Å². The number of rotatable bonds is 3. The number of benzene rings is 1. The second-order valence-corrected chi connectivity index (χ2v) is 4.68. The molecule has 1 unspecified atom stereocenters. The molecule has 2 N–H and O–H groups in total. The van der Waals surface area contributed by atoms with Gasteiger partial charge >= 0.3 is 12.6 Å². The molecule has 1 aromatic rings. The molecule has 0 bridgehead atoms. The van der Waals surface area contributed by atoms with Crippen molar-refractivity contribution in [3.8, 4) is 5.75 Å². The topological polar surface area (TPSA) is 61.8 Å². The molecule has 1 aliphatic heterocycles. The maximum absolute atomic E-state index is 12.2. The number of likely N-dealkylation sites (tertiary alicyclic amines) is 1. The lowest BCUT2D eigenvalue weighted by Crippen LogP contribution is -2.33. The fourth-order valence-electron chi connectivity index (χ4n) is 2.03. The summed E-state index contributed by atoms with van der Waals surface area (Å²) >= 11 is 0. The van der Waals surface area contributed by atoms with Crippen molar-refractivity contribution < 1.29 is 23.4 Å². The zero-order chi connectivity index (χ0) is 14.7. The Balaban J connectivity index is 2.04. The Bertz CT molecular complexity index is 497. The number of β-amino-alcohol motifs (C(OH)–C–C–N with tert-alkyl or cyclic N) is 1. The number of amides is 2. The summed E-state index contributed by atoms with van der Waals surface area (Å²) in [5.74, 6) is 0.0271. The third-order valence-corrected chi connectivity index (χ3v) is 3.11. The van der Waals surface area contributed by atoms with Crippen LogP contribution in [0.2, 0.25) is 0 Å². The van der Waals surface area contributed by atoms with Gasteiger partial charge in [0.25, 0.3) is 0 Å². The van der Waals surface area contributed by atoms with Crippen molar-refractivity contribution in [2.45, 2.75) is 26.1 Å². The molecular weight excluding hydrogens is 270 g/mol. The monoisotopic (exact) mass is 286 g/mol. The lowest BCUT2D eigenvalue weighted by atomic mass is 10.2. The van der Waals surface area contributed by atoms with Gasteiger partial charge in [0.15, 0.2) is 0 Å². The van der Waals surface area contributed by atoms with Gasteiger partial charge in [-0.25, -0.2) is 4.79 Å². The van der Waals surface area contributed by atoms with Gasteiger partial charge in [-0.2, -0.15) is 8.78 Å². The van der Waals surface area contributed by atoms with Crippen LogP contribution < -0.4 is 10.1 Å². The van der Waals surface area contributed by atoms with Crippen LogP contribution in [0.3, 0.4) is 0 Å². The Kier molecular flexibility index (Phi) is 4.39. The number of carbonyl (C=O) groups excluding carboxylic acids is 1. The molecule has 0 spiro atoms. The first kappa shape index (κ1) is 14.5. The van der Waals surface area contributed by atoms with Crippen LogP contribution in [0, 0.1) is 6.92 Å². The van der Waals surface area contributed by atoms with E-state index in [1.54, 1.807) is 19.1 Å². The molecule has 0 aliphatic carbocycles. The van der Waals surface area contributed by atoms with Crippen molar-refractivity contribution in [1.29, 1.82) is 0 Å². The zero-order valence-corrected chi connectivity index (χ0v) is 11.0. The summed E-state index contributed by atoms with van der Waals surface area (Å²) < 4.78 is 28.8. The van der Waals surface area contributed by atoms with Gasteiger partial charge in [-0.1, -0.05) is 6.07 Å². The molecule has 0 radical (unpaired) electrons. The SMILES string of the molecule is Cc1ccc(NC(=O)N2CCC(O)C2)cc1OC(F)F. The van der Waals surface area contributed by atoms with E-state index in [9.17, 15) is 18.7 Å². The van der Waals surface area contributed by atoms with E-state index in [1.807, 2.05) is 0 Å². The number of ether oxygens (including phenoxy) is 1. The quantitative estimate of drug-likeness (QED) is 0.895. The van der Waals surface area contributed by atoms with E-state index >= 15 is 0 Å².